The summed E-state index contributed by atoms with van der Waals surface area (Å²) in [6, 6.07) is 9.27. The fraction of sp³-hybridized carbons (Fsp3) is 0.429. The van der Waals surface area contributed by atoms with Crippen LogP contribution >= 0.6 is 7.60 Å². The fourth-order valence-electron chi connectivity index (χ4n) is 2.18. The molecule has 0 bridgehead atoms. The molecule has 1 aromatic rings. The number of carbonyl (C=O) groups excluding carboxylic acids is 1. The van der Waals surface area contributed by atoms with Gasteiger partial charge in [0.05, 0.1) is 6.16 Å². The monoisotopic (exact) mass is 341 g/mol. The molecule has 9 heteroatoms. The van der Waals surface area contributed by atoms with E-state index < -0.39 is 19.2 Å². The summed E-state index contributed by atoms with van der Waals surface area (Å²) in [5.74, 6) is 0.226. The maximum atomic E-state index is 11.5. The molecule has 1 atom stereocenters. The molecule has 0 radical (unpaired) electrons. The number of carbonyl (C=O) groups is 1. The molecule has 126 valence electrons. The first kappa shape index (κ1) is 17.5. The van der Waals surface area contributed by atoms with Crippen LogP contribution in [0.15, 0.2) is 35.5 Å². The lowest BCUT2D eigenvalue weighted by atomic mass is 9.99. The number of nitrogens with zero attached hydrogens (tertiary/aromatic N) is 1. The van der Waals surface area contributed by atoms with E-state index >= 15 is 0 Å². The van der Waals surface area contributed by atoms with Crippen molar-refractivity contribution in [1.29, 1.82) is 0 Å². The summed E-state index contributed by atoms with van der Waals surface area (Å²) in [6.45, 7) is 1.97. The maximum Gasteiger partial charge on any atom is 0.325 e. The Labute approximate surface area is 134 Å². The summed E-state index contributed by atoms with van der Waals surface area (Å²) in [5.41, 5.74) is 0.121. The third-order valence-corrected chi connectivity index (χ3v) is 4.33. The molecule has 1 saturated heterocycles. The molecule has 8 nitrogen and oxygen atoms in total. The molecule has 1 fully saturated rings. The zero-order valence-electron chi connectivity index (χ0n) is 12.7. The van der Waals surface area contributed by atoms with Gasteiger partial charge in [0.2, 0.25) is 0 Å². The van der Waals surface area contributed by atoms with Crippen molar-refractivity contribution in [1.82, 2.24) is 10.6 Å². The largest absolute Gasteiger partial charge is 0.394 e. The number of hydrogen-bond donors (Lipinski definition) is 4. The lowest BCUT2D eigenvalue weighted by molar-refractivity contribution is 0.144. The van der Waals surface area contributed by atoms with Gasteiger partial charge in [0.25, 0.3) is 0 Å². The zero-order valence-corrected chi connectivity index (χ0v) is 13.6. The van der Waals surface area contributed by atoms with Crippen LogP contribution in [0.25, 0.3) is 0 Å². The zero-order chi connectivity index (χ0) is 16.9. The van der Waals surface area contributed by atoms with Crippen molar-refractivity contribution in [3.05, 3.63) is 35.9 Å². The van der Waals surface area contributed by atoms with E-state index in [4.69, 9.17) is 14.6 Å². The van der Waals surface area contributed by atoms with Gasteiger partial charge in [-0.3, -0.25) is 9.88 Å². The van der Waals surface area contributed by atoms with Gasteiger partial charge in [-0.1, -0.05) is 35.5 Å². The van der Waals surface area contributed by atoms with Crippen molar-refractivity contribution >= 4 is 19.5 Å². The summed E-state index contributed by atoms with van der Waals surface area (Å²) < 4.78 is 11.0. The predicted octanol–water partition coefficient (Wildman–Crippen LogP) is 1.20. The average molecular weight is 341 g/mol. The number of amidine groups is 1. The number of hydrogen-bond acceptors (Lipinski definition) is 4. The van der Waals surface area contributed by atoms with E-state index in [2.05, 4.69) is 15.8 Å². The fourth-order valence-corrected chi connectivity index (χ4v) is 2.92. The second-order valence-corrected chi connectivity index (χ2v) is 7.33. The lowest BCUT2D eigenvalue weighted by Crippen LogP contribution is -2.44. The van der Waals surface area contributed by atoms with Crippen molar-refractivity contribution in [3.63, 3.8) is 0 Å². The Morgan fingerprint density at radius 1 is 1.30 bits per heavy atom. The Bertz CT molecular complexity index is 631. The molecule has 1 aliphatic rings. The summed E-state index contributed by atoms with van der Waals surface area (Å²) in [6.07, 6.45) is 0.365. The maximum absolute atomic E-state index is 11.5. The number of urea groups is 1. The normalized spacial score (nSPS) is 22.7. The van der Waals surface area contributed by atoms with Gasteiger partial charge in [-0.05, 0) is 18.9 Å². The number of benzene rings is 1. The van der Waals surface area contributed by atoms with Crippen molar-refractivity contribution in [3.8, 4) is 0 Å². The molecule has 2 rings (SSSR count). The number of oxime groups is 1. The van der Waals surface area contributed by atoms with Crippen LogP contribution in [0.4, 0.5) is 4.79 Å². The first-order valence-electron chi connectivity index (χ1n) is 7.17. The van der Waals surface area contributed by atoms with Crippen molar-refractivity contribution in [2.24, 2.45) is 5.16 Å². The molecule has 1 unspecified atom stereocenters. The molecular formula is C14H20N3O5P. The van der Waals surface area contributed by atoms with Gasteiger partial charge in [0, 0.05) is 6.42 Å². The summed E-state index contributed by atoms with van der Waals surface area (Å²) in [7, 11) is -4.15. The van der Waals surface area contributed by atoms with Crippen LogP contribution in [-0.2, 0) is 15.8 Å². The molecule has 0 saturated carbocycles. The molecule has 0 aliphatic carbocycles. The van der Waals surface area contributed by atoms with Crippen molar-refractivity contribution < 1.29 is 24.0 Å². The van der Waals surface area contributed by atoms with Crippen LogP contribution in [0.1, 0.15) is 18.9 Å². The molecule has 0 aromatic heterocycles. The van der Waals surface area contributed by atoms with E-state index in [9.17, 15) is 9.36 Å². The Morgan fingerprint density at radius 3 is 2.65 bits per heavy atom. The smallest absolute Gasteiger partial charge is 0.325 e. The van der Waals surface area contributed by atoms with E-state index in [1.165, 1.54) is 0 Å². The molecule has 1 heterocycles. The minimum absolute atomic E-state index is 0.0525. The Balaban J connectivity index is 1.92. The minimum atomic E-state index is -4.15. The third-order valence-electron chi connectivity index (χ3n) is 3.53. The van der Waals surface area contributed by atoms with E-state index in [-0.39, 0.29) is 18.4 Å². The average Bonchev–Trinajstić information content (AvgIpc) is 2.77. The van der Waals surface area contributed by atoms with Crippen LogP contribution in [0.5, 0.6) is 0 Å². The predicted molar refractivity (Wildman–Crippen MR) is 85.1 cm³/mol. The first-order valence-corrected chi connectivity index (χ1v) is 8.96. The highest BCUT2D eigenvalue weighted by Crippen LogP contribution is 2.37. The standard InChI is InChI=1S/C14H20N3O5P/c1-14(8-10-23(19,20)21)12(15-13(18)16-14)17-22-9-7-11-5-3-2-4-6-11/h2-6H,7-10H2,1H3,(H2,19,20,21)(H2,15,16,17,18). The van der Waals surface area contributed by atoms with Crippen molar-refractivity contribution in [2.75, 3.05) is 12.8 Å². The van der Waals surface area contributed by atoms with Gasteiger partial charge >= 0.3 is 13.6 Å². The van der Waals surface area contributed by atoms with Gasteiger partial charge in [-0.25, -0.2) is 4.79 Å². The molecule has 1 aromatic carbocycles. The first-order chi connectivity index (χ1) is 10.8. The highest BCUT2D eigenvalue weighted by Gasteiger charge is 2.41. The summed E-state index contributed by atoms with van der Waals surface area (Å²) >= 11 is 0. The third kappa shape index (κ3) is 5.35. The van der Waals surface area contributed by atoms with Gasteiger partial charge in [-0.2, -0.15) is 0 Å². The molecule has 2 amide bonds. The van der Waals surface area contributed by atoms with E-state index in [0.29, 0.717) is 13.0 Å². The number of nitrogens with one attached hydrogen (secondary N) is 2. The molecule has 23 heavy (non-hydrogen) atoms. The van der Waals surface area contributed by atoms with Gasteiger partial charge < -0.3 is 19.9 Å². The quantitative estimate of drug-likeness (QED) is 0.337. The van der Waals surface area contributed by atoms with Crippen LogP contribution in [0, 0.1) is 0 Å². The van der Waals surface area contributed by atoms with Crippen LogP contribution in [0.3, 0.4) is 0 Å². The summed E-state index contributed by atoms with van der Waals surface area (Å²) in [5, 5.41) is 9.02. The highest BCUT2D eigenvalue weighted by molar-refractivity contribution is 7.51. The van der Waals surface area contributed by atoms with Gasteiger partial charge in [0.15, 0.2) is 5.84 Å². The van der Waals surface area contributed by atoms with Crippen LogP contribution in [0.2, 0.25) is 0 Å². The Kier molecular flexibility index (Phi) is 5.41. The number of amides is 2. The molecular weight excluding hydrogens is 321 g/mol. The highest BCUT2D eigenvalue weighted by atomic mass is 31.2. The van der Waals surface area contributed by atoms with Crippen molar-refractivity contribution in [2.45, 2.75) is 25.3 Å². The second kappa shape index (κ2) is 7.12. The minimum Gasteiger partial charge on any atom is -0.394 e. The molecule has 0 spiro atoms. The Hall–Kier alpha value is -1.89. The number of rotatable bonds is 7. The van der Waals surface area contributed by atoms with E-state index in [1.807, 2.05) is 30.3 Å². The van der Waals surface area contributed by atoms with Crippen LogP contribution < -0.4 is 10.6 Å². The lowest BCUT2D eigenvalue weighted by Gasteiger charge is -2.22. The molecule has 1 aliphatic heterocycles. The molecule has 4 N–H and O–H groups in total. The van der Waals surface area contributed by atoms with Gasteiger partial charge in [-0.15, -0.1) is 0 Å². The summed E-state index contributed by atoms with van der Waals surface area (Å²) in [4.78, 5) is 34.7. The van der Waals surface area contributed by atoms with E-state index in [0.717, 1.165) is 5.56 Å². The SMILES string of the molecule is CC1(CCP(=O)(O)O)NC(=O)NC1=NOCCc1ccccc1. The topological polar surface area (TPSA) is 120 Å². The Morgan fingerprint density at radius 2 is 2.00 bits per heavy atom. The van der Waals surface area contributed by atoms with Crippen LogP contribution in [-0.4, -0.2) is 40.0 Å². The van der Waals surface area contributed by atoms with Gasteiger partial charge in [0.1, 0.15) is 12.1 Å². The second-order valence-electron chi connectivity index (χ2n) is 5.56. The van der Waals surface area contributed by atoms with E-state index in [1.54, 1.807) is 6.92 Å².